The minimum atomic E-state index is -3.22. The van der Waals surface area contributed by atoms with E-state index in [-0.39, 0.29) is 0 Å². The van der Waals surface area contributed by atoms with Crippen molar-refractivity contribution in [3.05, 3.63) is 55.8 Å². The van der Waals surface area contributed by atoms with E-state index in [1.165, 1.54) is 57.8 Å². The van der Waals surface area contributed by atoms with Crippen LogP contribution in [0, 0.1) is 0 Å². The van der Waals surface area contributed by atoms with E-state index in [1.807, 2.05) is 18.6 Å². The van der Waals surface area contributed by atoms with Crippen LogP contribution in [0.1, 0.15) is 114 Å². The molecule has 0 aromatic carbocycles. The lowest BCUT2D eigenvalue weighted by Gasteiger charge is -2.19. The highest BCUT2D eigenvalue weighted by Crippen LogP contribution is 2.27. The SMILES string of the molecule is c1c[n+](C2CCCCC2)c(O[O][Al]([O]Oc2cncc[n+]2C2CCCCC2)[O]Oc2cncc[n+]2C2CCCCC2)cn1. The van der Waals surface area contributed by atoms with Crippen molar-refractivity contribution in [1.82, 2.24) is 15.0 Å². The summed E-state index contributed by atoms with van der Waals surface area (Å²) in [6.07, 6.45) is 33.3. The topological polar surface area (TPSA) is 106 Å². The number of hydrogen-bond acceptors (Lipinski definition) is 9. The molecule has 3 fully saturated rings. The number of nitrogens with zero attached hydrogens (tertiary/aromatic N) is 6. The minimum Gasteiger partial charge on any atom is -0.295 e. The lowest BCUT2D eigenvalue weighted by molar-refractivity contribution is -0.738. The maximum absolute atomic E-state index is 5.83. The van der Waals surface area contributed by atoms with Crippen LogP contribution in [-0.4, -0.2) is 30.1 Å². The summed E-state index contributed by atoms with van der Waals surface area (Å²) in [4.78, 5) is 30.3. The third-order valence-electron chi connectivity index (χ3n) is 8.80. The Morgan fingerprint density at radius 1 is 0.465 bits per heavy atom. The summed E-state index contributed by atoms with van der Waals surface area (Å²) < 4.78 is 23.6. The smallest absolute Gasteiger partial charge is 0.295 e. The Hall–Kier alpha value is -2.95. The highest BCUT2D eigenvalue weighted by molar-refractivity contribution is 6.35. The molecular formula is C30H42AlN6O6+3. The van der Waals surface area contributed by atoms with Crippen LogP contribution in [0.25, 0.3) is 0 Å². The van der Waals surface area contributed by atoms with Crippen molar-refractivity contribution in [2.45, 2.75) is 114 Å². The molecule has 6 rings (SSSR count). The molecule has 43 heavy (non-hydrogen) atoms. The van der Waals surface area contributed by atoms with Gasteiger partial charge in [0.2, 0.25) is 0 Å². The summed E-state index contributed by atoms with van der Waals surface area (Å²) in [5.41, 5.74) is 0. The standard InChI is InChI=1S/3C10H14N2O2.Al/c3*13-14-10-8-11-6-7-12(10)9-4-2-1-3-5-9;/h3*6-9H,1-5H2;/q;;;+3. The zero-order valence-corrected chi connectivity index (χ0v) is 25.9. The maximum Gasteiger partial charge on any atom is 1.02 e. The number of rotatable bonds is 12. The molecular weight excluding hydrogens is 567 g/mol. The van der Waals surface area contributed by atoms with Gasteiger partial charge in [-0.15, -0.1) is 0 Å². The molecule has 3 aliphatic rings. The van der Waals surface area contributed by atoms with Gasteiger partial charge in [0.15, 0.2) is 36.7 Å². The molecule has 12 nitrogen and oxygen atoms in total. The van der Waals surface area contributed by atoms with Gasteiger partial charge in [0.1, 0.15) is 18.6 Å². The van der Waals surface area contributed by atoms with E-state index in [0.717, 1.165) is 38.5 Å². The first-order valence-corrected chi connectivity index (χ1v) is 17.3. The number of hydrogen-bond donors (Lipinski definition) is 0. The van der Waals surface area contributed by atoms with Gasteiger partial charge < -0.3 is 0 Å². The van der Waals surface area contributed by atoms with Crippen LogP contribution < -0.4 is 28.4 Å². The average Bonchev–Trinajstić information content (AvgIpc) is 3.09. The summed E-state index contributed by atoms with van der Waals surface area (Å²) in [7, 11) is 0. The lowest BCUT2D eigenvalue weighted by Crippen LogP contribution is -2.45. The normalized spacial score (nSPS) is 18.7. The second-order valence-corrected chi connectivity index (χ2v) is 12.8. The van der Waals surface area contributed by atoms with Gasteiger partial charge in [-0.05, 0) is 38.5 Å². The van der Waals surface area contributed by atoms with Crippen LogP contribution in [0.2, 0.25) is 0 Å². The Morgan fingerprint density at radius 2 is 0.767 bits per heavy atom. The Balaban J connectivity index is 1.17. The van der Waals surface area contributed by atoms with Gasteiger partial charge in [0.25, 0.3) is 0 Å². The molecule has 0 radical (unpaired) electrons. The van der Waals surface area contributed by atoms with Gasteiger partial charge in [-0.3, -0.25) is 14.7 Å². The van der Waals surface area contributed by atoms with E-state index in [4.69, 9.17) is 26.5 Å². The average molecular weight is 610 g/mol. The molecule has 0 saturated heterocycles. The van der Waals surface area contributed by atoms with Gasteiger partial charge in [-0.2, -0.15) is 13.7 Å². The zero-order chi connectivity index (χ0) is 29.1. The van der Waals surface area contributed by atoms with Crippen LogP contribution >= 0.6 is 0 Å². The molecule has 0 unspecified atom stereocenters. The van der Waals surface area contributed by atoms with Crippen LogP contribution in [0.15, 0.2) is 55.8 Å². The molecule has 228 valence electrons. The first-order valence-electron chi connectivity index (χ1n) is 15.9. The van der Waals surface area contributed by atoms with E-state index >= 15 is 0 Å². The van der Waals surface area contributed by atoms with Crippen molar-refractivity contribution < 1.29 is 40.2 Å². The fourth-order valence-electron chi connectivity index (χ4n) is 6.56. The van der Waals surface area contributed by atoms with Crippen molar-refractivity contribution in [2.75, 3.05) is 0 Å². The number of aromatic nitrogens is 6. The van der Waals surface area contributed by atoms with E-state index in [2.05, 4.69) is 28.7 Å². The van der Waals surface area contributed by atoms with Crippen molar-refractivity contribution in [3.63, 3.8) is 0 Å². The molecule has 3 aliphatic carbocycles. The molecule has 0 bridgehead atoms. The fraction of sp³-hybridized carbons (Fsp3) is 0.600. The van der Waals surface area contributed by atoms with Crippen LogP contribution in [-0.2, 0) is 11.8 Å². The predicted molar refractivity (Wildman–Crippen MR) is 151 cm³/mol. The molecule has 3 saturated carbocycles. The summed E-state index contributed by atoms with van der Waals surface area (Å²) in [5, 5.41) is 0. The first kappa shape index (κ1) is 30.1. The fourth-order valence-corrected chi connectivity index (χ4v) is 7.19. The molecule has 0 atom stereocenters. The Bertz CT molecular complexity index is 1130. The van der Waals surface area contributed by atoms with Crippen molar-refractivity contribution in [1.29, 1.82) is 0 Å². The quantitative estimate of drug-likeness (QED) is 0.126. The predicted octanol–water partition coefficient (Wildman–Crippen LogP) is 4.57. The third-order valence-corrected chi connectivity index (χ3v) is 9.56. The lowest BCUT2D eigenvalue weighted by atomic mass is 9.95. The molecule has 13 heteroatoms. The molecule has 0 N–H and O–H groups in total. The van der Waals surface area contributed by atoms with Gasteiger partial charge in [0.05, 0.1) is 18.6 Å². The van der Waals surface area contributed by atoms with Gasteiger partial charge in [-0.1, -0.05) is 19.3 Å². The summed E-state index contributed by atoms with van der Waals surface area (Å²) in [6.45, 7) is 0. The second kappa shape index (κ2) is 15.7. The van der Waals surface area contributed by atoms with E-state index in [0.29, 0.717) is 35.8 Å². The zero-order valence-electron chi connectivity index (χ0n) is 24.7. The molecule has 3 heterocycles. The minimum absolute atomic E-state index is 0.319. The van der Waals surface area contributed by atoms with Crippen LogP contribution in [0.4, 0.5) is 0 Å². The van der Waals surface area contributed by atoms with Crippen molar-refractivity contribution in [2.24, 2.45) is 0 Å². The summed E-state index contributed by atoms with van der Waals surface area (Å²) in [6, 6.07) is 0.957. The van der Waals surface area contributed by atoms with Crippen LogP contribution in [0.3, 0.4) is 0 Å². The largest absolute Gasteiger partial charge is 1.02 e. The van der Waals surface area contributed by atoms with Gasteiger partial charge in [0, 0.05) is 38.5 Å². The summed E-state index contributed by atoms with van der Waals surface area (Å²) >= 11 is -3.22. The highest BCUT2D eigenvalue weighted by Gasteiger charge is 2.44. The molecule has 0 amide bonds. The van der Waals surface area contributed by atoms with E-state index < -0.39 is 15.1 Å². The highest BCUT2D eigenvalue weighted by atomic mass is 27.3. The first-order chi connectivity index (χ1) is 21.3. The summed E-state index contributed by atoms with van der Waals surface area (Å²) in [5.74, 6) is 1.41. The second-order valence-electron chi connectivity index (χ2n) is 11.7. The monoisotopic (exact) mass is 609 g/mol. The van der Waals surface area contributed by atoms with Crippen molar-refractivity contribution in [3.8, 4) is 17.6 Å². The van der Waals surface area contributed by atoms with Crippen LogP contribution in [0.5, 0.6) is 17.6 Å². The molecule has 3 aromatic heterocycles. The Kier molecular flexibility index (Phi) is 11.0. The molecule has 0 aliphatic heterocycles. The Morgan fingerprint density at radius 3 is 1.07 bits per heavy atom. The van der Waals surface area contributed by atoms with Gasteiger partial charge in [-0.25, -0.2) is 26.8 Å². The van der Waals surface area contributed by atoms with E-state index in [9.17, 15) is 0 Å². The maximum atomic E-state index is 5.83. The molecule has 3 aromatic rings. The third kappa shape index (κ3) is 8.16. The Labute approximate surface area is 257 Å². The van der Waals surface area contributed by atoms with Crippen molar-refractivity contribution >= 4 is 15.1 Å². The van der Waals surface area contributed by atoms with E-state index in [1.54, 1.807) is 37.2 Å². The van der Waals surface area contributed by atoms with Gasteiger partial charge >= 0.3 is 32.8 Å². The molecule has 0 spiro atoms.